The Bertz CT molecular complexity index is 459. The lowest BCUT2D eigenvalue weighted by Crippen LogP contribution is -2.05. The van der Waals surface area contributed by atoms with Gasteiger partial charge in [-0.1, -0.05) is 18.2 Å². The highest BCUT2D eigenvalue weighted by Gasteiger charge is 2.05. The molecular formula is C11H11NO2. The van der Waals surface area contributed by atoms with Crippen LogP contribution < -0.4 is 0 Å². The third-order valence-corrected chi connectivity index (χ3v) is 2.29. The van der Waals surface area contributed by atoms with Gasteiger partial charge in [-0.25, -0.2) is 0 Å². The molecule has 72 valence electrons. The first kappa shape index (κ1) is 8.97. The first-order valence-corrected chi connectivity index (χ1v) is 4.51. The van der Waals surface area contributed by atoms with Gasteiger partial charge in [0.2, 0.25) is 0 Å². The van der Waals surface area contributed by atoms with Crippen molar-refractivity contribution in [1.82, 2.24) is 4.57 Å². The molecule has 2 rings (SSSR count). The first-order valence-electron chi connectivity index (χ1n) is 4.51. The van der Waals surface area contributed by atoms with Crippen molar-refractivity contribution in [1.29, 1.82) is 0 Å². The van der Waals surface area contributed by atoms with Crippen LogP contribution in [-0.4, -0.2) is 22.6 Å². The molecule has 1 N–H and O–H groups in total. The molecule has 0 aliphatic carbocycles. The lowest BCUT2D eigenvalue weighted by molar-refractivity contribution is 0.111. The molecule has 0 unspecified atom stereocenters. The van der Waals surface area contributed by atoms with E-state index in [-0.39, 0.29) is 6.61 Å². The van der Waals surface area contributed by atoms with Crippen molar-refractivity contribution in [2.24, 2.45) is 0 Å². The number of aliphatic hydroxyl groups is 1. The second kappa shape index (κ2) is 3.64. The standard InChI is InChI=1S/C11H11NO2/c13-6-5-12-10(8-14)7-9-3-1-2-4-11(9)12/h1-4,7-8,13H,5-6H2. The maximum Gasteiger partial charge on any atom is 0.166 e. The van der Waals surface area contributed by atoms with Crippen LogP contribution in [-0.2, 0) is 6.54 Å². The van der Waals surface area contributed by atoms with Crippen LogP contribution in [0.2, 0.25) is 0 Å². The topological polar surface area (TPSA) is 42.2 Å². The third kappa shape index (κ3) is 1.32. The summed E-state index contributed by atoms with van der Waals surface area (Å²) in [5.41, 5.74) is 1.60. The molecule has 1 aromatic carbocycles. The maximum absolute atomic E-state index is 10.8. The molecule has 0 saturated carbocycles. The second-order valence-corrected chi connectivity index (χ2v) is 3.12. The van der Waals surface area contributed by atoms with Gasteiger partial charge in [0.05, 0.1) is 12.3 Å². The number of hydrogen-bond acceptors (Lipinski definition) is 2. The van der Waals surface area contributed by atoms with Crippen molar-refractivity contribution in [3.05, 3.63) is 36.0 Å². The summed E-state index contributed by atoms with van der Waals surface area (Å²) in [6.07, 6.45) is 0.815. The Morgan fingerprint density at radius 3 is 2.86 bits per heavy atom. The van der Waals surface area contributed by atoms with Crippen molar-refractivity contribution in [2.45, 2.75) is 6.54 Å². The molecule has 0 saturated heterocycles. The average molecular weight is 189 g/mol. The summed E-state index contributed by atoms with van der Waals surface area (Å²) in [5, 5.41) is 9.91. The second-order valence-electron chi connectivity index (χ2n) is 3.12. The molecule has 0 bridgehead atoms. The van der Waals surface area contributed by atoms with E-state index in [1.807, 2.05) is 34.9 Å². The number of hydrogen-bond donors (Lipinski definition) is 1. The molecule has 14 heavy (non-hydrogen) atoms. The van der Waals surface area contributed by atoms with Gasteiger partial charge < -0.3 is 9.67 Å². The van der Waals surface area contributed by atoms with Gasteiger partial charge in [0, 0.05) is 17.4 Å². The molecule has 2 aromatic rings. The number of para-hydroxylation sites is 1. The smallest absolute Gasteiger partial charge is 0.166 e. The molecule has 0 fully saturated rings. The van der Waals surface area contributed by atoms with Gasteiger partial charge in [-0.3, -0.25) is 4.79 Å². The fourth-order valence-electron chi connectivity index (χ4n) is 1.68. The Morgan fingerprint density at radius 2 is 2.14 bits per heavy atom. The van der Waals surface area contributed by atoms with Crippen molar-refractivity contribution in [2.75, 3.05) is 6.61 Å². The van der Waals surface area contributed by atoms with Gasteiger partial charge in [0.15, 0.2) is 6.29 Å². The fraction of sp³-hybridized carbons (Fsp3) is 0.182. The Kier molecular flexibility index (Phi) is 2.33. The number of aromatic nitrogens is 1. The lowest BCUT2D eigenvalue weighted by Gasteiger charge is -2.03. The fourth-order valence-corrected chi connectivity index (χ4v) is 1.68. The molecule has 3 heteroatoms. The number of fused-ring (bicyclic) bond motifs is 1. The summed E-state index contributed by atoms with van der Waals surface area (Å²) in [6, 6.07) is 9.58. The van der Waals surface area contributed by atoms with Crippen molar-refractivity contribution < 1.29 is 9.90 Å². The van der Waals surface area contributed by atoms with E-state index < -0.39 is 0 Å². The van der Waals surface area contributed by atoms with Crippen molar-refractivity contribution in [3.8, 4) is 0 Å². The van der Waals surface area contributed by atoms with Crippen LogP contribution in [0.3, 0.4) is 0 Å². The van der Waals surface area contributed by atoms with E-state index in [4.69, 9.17) is 5.11 Å². The zero-order valence-electron chi connectivity index (χ0n) is 7.68. The molecule has 0 aliphatic rings. The van der Waals surface area contributed by atoms with Crippen LogP contribution in [0, 0.1) is 0 Å². The van der Waals surface area contributed by atoms with E-state index >= 15 is 0 Å². The third-order valence-electron chi connectivity index (χ3n) is 2.29. The van der Waals surface area contributed by atoms with Crippen LogP contribution >= 0.6 is 0 Å². The van der Waals surface area contributed by atoms with Crippen molar-refractivity contribution in [3.63, 3.8) is 0 Å². The summed E-state index contributed by atoms with van der Waals surface area (Å²) in [4.78, 5) is 10.8. The molecule has 0 radical (unpaired) electrons. The lowest BCUT2D eigenvalue weighted by atomic mass is 10.2. The van der Waals surface area contributed by atoms with Gasteiger partial charge in [-0.2, -0.15) is 0 Å². The van der Waals surface area contributed by atoms with Gasteiger partial charge in [-0.15, -0.1) is 0 Å². The molecule has 0 atom stereocenters. The van der Waals surface area contributed by atoms with Crippen LogP contribution in [0.5, 0.6) is 0 Å². The maximum atomic E-state index is 10.8. The molecular weight excluding hydrogens is 178 g/mol. The minimum atomic E-state index is 0.0412. The summed E-state index contributed by atoms with van der Waals surface area (Å²) < 4.78 is 1.82. The summed E-state index contributed by atoms with van der Waals surface area (Å²) in [5.74, 6) is 0. The summed E-state index contributed by atoms with van der Waals surface area (Å²) in [6.45, 7) is 0.501. The van der Waals surface area contributed by atoms with E-state index in [0.29, 0.717) is 12.2 Å². The van der Waals surface area contributed by atoms with E-state index in [0.717, 1.165) is 17.2 Å². The summed E-state index contributed by atoms with van der Waals surface area (Å²) >= 11 is 0. The number of aldehydes is 1. The Hall–Kier alpha value is -1.61. The highest BCUT2D eigenvalue weighted by molar-refractivity contribution is 5.88. The van der Waals surface area contributed by atoms with E-state index in [9.17, 15) is 4.79 Å². The number of benzene rings is 1. The average Bonchev–Trinajstić information content (AvgIpc) is 2.58. The Labute approximate surface area is 81.6 Å². The molecule has 0 amide bonds. The summed E-state index contributed by atoms with van der Waals surface area (Å²) in [7, 11) is 0. The van der Waals surface area contributed by atoms with Gasteiger partial charge >= 0.3 is 0 Å². The molecule has 0 spiro atoms. The molecule has 1 aromatic heterocycles. The Morgan fingerprint density at radius 1 is 1.36 bits per heavy atom. The van der Waals surface area contributed by atoms with Crippen molar-refractivity contribution >= 4 is 17.2 Å². The van der Waals surface area contributed by atoms with Crippen LogP contribution in [0.4, 0.5) is 0 Å². The van der Waals surface area contributed by atoms with Gasteiger partial charge in [0.1, 0.15) is 0 Å². The minimum Gasteiger partial charge on any atom is -0.395 e. The highest BCUT2D eigenvalue weighted by Crippen LogP contribution is 2.18. The normalized spacial score (nSPS) is 10.6. The molecule has 1 heterocycles. The number of carbonyl (C=O) groups is 1. The van der Waals surface area contributed by atoms with E-state index in [1.165, 1.54) is 0 Å². The predicted octanol–water partition coefficient (Wildman–Crippen LogP) is 1.45. The number of aliphatic hydroxyl groups excluding tert-OH is 1. The van der Waals surface area contributed by atoms with Crippen LogP contribution in [0.1, 0.15) is 10.5 Å². The monoisotopic (exact) mass is 189 g/mol. The van der Waals surface area contributed by atoms with Crippen LogP contribution in [0.15, 0.2) is 30.3 Å². The minimum absolute atomic E-state index is 0.0412. The largest absolute Gasteiger partial charge is 0.395 e. The molecule has 0 aliphatic heterocycles. The predicted molar refractivity (Wildman–Crippen MR) is 54.4 cm³/mol. The zero-order valence-corrected chi connectivity index (χ0v) is 7.68. The number of carbonyl (C=O) groups excluding carboxylic acids is 1. The van der Waals surface area contributed by atoms with E-state index in [1.54, 1.807) is 0 Å². The Balaban J connectivity index is 2.67. The zero-order chi connectivity index (χ0) is 9.97. The SMILES string of the molecule is O=Cc1cc2ccccc2n1CCO. The quantitative estimate of drug-likeness (QED) is 0.742. The molecule has 3 nitrogen and oxygen atoms in total. The van der Waals surface area contributed by atoms with Gasteiger partial charge in [0.25, 0.3) is 0 Å². The van der Waals surface area contributed by atoms with Crippen LogP contribution in [0.25, 0.3) is 10.9 Å². The first-order chi connectivity index (χ1) is 6.86. The highest BCUT2D eigenvalue weighted by atomic mass is 16.3. The number of nitrogens with zero attached hydrogens (tertiary/aromatic N) is 1. The number of rotatable bonds is 3. The van der Waals surface area contributed by atoms with Gasteiger partial charge in [-0.05, 0) is 12.1 Å². The van der Waals surface area contributed by atoms with E-state index in [2.05, 4.69) is 0 Å².